The van der Waals surface area contributed by atoms with Crippen LogP contribution in [0.1, 0.15) is 16.0 Å². The molecule has 0 aliphatic heterocycles. The molecule has 2 rings (SSSR count). The van der Waals surface area contributed by atoms with Crippen LogP contribution in [0.15, 0.2) is 23.2 Å². The molecule has 2 aromatic rings. The van der Waals surface area contributed by atoms with Crippen molar-refractivity contribution in [2.75, 3.05) is 4.72 Å². The summed E-state index contributed by atoms with van der Waals surface area (Å²) in [6.07, 6.45) is 1.55. The van der Waals surface area contributed by atoms with Crippen molar-refractivity contribution in [1.29, 1.82) is 0 Å². The second kappa shape index (κ2) is 5.47. The van der Waals surface area contributed by atoms with Gasteiger partial charge in [0.1, 0.15) is 5.82 Å². The molecule has 8 heteroatoms. The largest absolute Gasteiger partial charge is 0.392 e. The Kier molecular flexibility index (Phi) is 4.07. The lowest BCUT2D eigenvalue weighted by molar-refractivity contribution is 0.275. The lowest BCUT2D eigenvalue weighted by Crippen LogP contribution is -2.14. The van der Waals surface area contributed by atoms with Crippen molar-refractivity contribution in [1.82, 2.24) is 4.98 Å². The first-order valence-corrected chi connectivity index (χ1v) is 7.98. The molecule has 0 aliphatic carbocycles. The van der Waals surface area contributed by atoms with E-state index < -0.39 is 22.4 Å². The van der Waals surface area contributed by atoms with Crippen molar-refractivity contribution in [3.05, 3.63) is 40.2 Å². The molecule has 1 heterocycles. The van der Waals surface area contributed by atoms with Crippen LogP contribution in [0.25, 0.3) is 0 Å². The SMILES string of the molecule is Cc1cnc(NS(=O)(=O)c2cc(C)c(F)c(CO)c2)s1. The van der Waals surface area contributed by atoms with E-state index in [2.05, 4.69) is 9.71 Å². The summed E-state index contributed by atoms with van der Waals surface area (Å²) in [6, 6.07) is 2.34. The normalized spacial score (nSPS) is 11.6. The fourth-order valence-corrected chi connectivity index (χ4v) is 3.69. The second-order valence-electron chi connectivity index (χ2n) is 4.25. The average Bonchev–Trinajstić information content (AvgIpc) is 2.77. The molecular weight excluding hydrogens is 303 g/mol. The van der Waals surface area contributed by atoms with E-state index in [1.807, 2.05) is 0 Å². The first-order chi connectivity index (χ1) is 9.33. The quantitative estimate of drug-likeness (QED) is 0.906. The lowest BCUT2D eigenvalue weighted by Gasteiger charge is -2.09. The predicted molar refractivity (Wildman–Crippen MR) is 74.7 cm³/mol. The van der Waals surface area contributed by atoms with Crippen molar-refractivity contribution in [2.45, 2.75) is 25.3 Å². The zero-order valence-electron chi connectivity index (χ0n) is 10.8. The summed E-state index contributed by atoms with van der Waals surface area (Å²) in [5, 5.41) is 9.31. The maximum Gasteiger partial charge on any atom is 0.263 e. The molecule has 0 saturated carbocycles. The Morgan fingerprint density at radius 3 is 2.65 bits per heavy atom. The maximum absolute atomic E-state index is 13.6. The topological polar surface area (TPSA) is 79.3 Å². The minimum atomic E-state index is -3.85. The third-order valence-corrected chi connectivity index (χ3v) is 4.90. The molecule has 5 nitrogen and oxygen atoms in total. The molecule has 0 unspecified atom stereocenters. The number of aryl methyl sites for hydroxylation is 2. The number of aromatic nitrogens is 1. The number of aliphatic hydroxyl groups is 1. The number of benzene rings is 1. The predicted octanol–water partition coefficient (Wildman–Crippen LogP) is 2.19. The summed E-state index contributed by atoms with van der Waals surface area (Å²) >= 11 is 1.20. The van der Waals surface area contributed by atoms with E-state index in [-0.39, 0.29) is 21.2 Å². The van der Waals surface area contributed by atoms with E-state index in [1.165, 1.54) is 24.3 Å². The minimum Gasteiger partial charge on any atom is -0.392 e. The second-order valence-corrected chi connectivity index (χ2v) is 7.17. The van der Waals surface area contributed by atoms with Crippen LogP contribution in [0.3, 0.4) is 0 Å². The monoisotopic (exact) mass is 316 g/mol. The lowest BCUT2D eigenvalue weighted by atomic mass is 10.1. The highest BCUT2D eigenvalue weighted by Crippen LogP contribution is 2.24. The molecule has 2 N–H and O–H groups in total. The van der Waals surface area contributed by atoms with E-state index in [1.54, 1.807) is 13.1 Å². The molecule has 0 aliphatic rings. The van der Waals surface area contributed by atoms with E-state index in [9.17, 15) is 12.8 Å². The maximum atomic E-state index is 13.6. The van der Waals surface area contributed by atoms with Crippen LogP contribution in [0.5, 0.6) is 0 Å². The van der Waals surface area contributed by atoms with Crippen molar-refractivity contribution in [3.8, 4) is 0 Å². The minimum absolute atomic E-state index is 0.0549. The highest BCUT2D eigenvalue weighted by atomic mass is 32.2. The van der Waals surface area contributed by atoms with Crippen molar-refractivity contribution < 1.29 is 17.9 Å². The van der Waals surface area contributed by atoms with E-state index >= 15 is 0 Å². The molecule has 0 amide bonds. The Morgan fingerprint density at radius 2 is 2.10 bits per heavy atom. The summed E-state index contributed by atoms with van der Waals surface area (Å²) in [6.45, 7) is 2.69. The molecule has 1 aromatic carbocycles. The standard InChI is InChI=1S/C12H13FN2O3S2/c1-7-3-10(4-9(6-16)11(7)13)20(17,18)15-12-14-5-8(2)19-12/h3-5,16H,6H2,1-2H3,(H,14,15). The molecular formula is C12H13FN2O3S2. The number of hydrogen-bond donors (Lipinski definition) is 2. The number of hydrogen-bond acceptors (Lipinski definition) is 5. The number of aliphatic hydroxyl groups excluding tert-OH is 1. The van der Waals surface area contributed by atoms with Gasteiger partial charge in [-0.2, -0.15) is 0 Å². The fourth-order valence-electron chi connectivity index (χ4n) is 1.65. The Bertz CT molecular complexity index is 741. The summed E-state index contributed by atoms with van der Waals surface area (Å²) < 4.78 is 40.3. The number of thiazole rings is 1. The average molecular weight is 316 g/mol. The molecule has 0 saturated heterocycles. The first-order valence-electron chi connectivity index (χ1n) is 5.68. The highest BCUT2D eigenvalue weighted by molar-refractivity contribution is 7.93. The van der Waals surface area contributed by atoms with Gasteiger partial charge in [0.2, 0.25) is 0 Å². The van der Waals surface area contributed by atoms with E-state index in [4.69, 9.17) is 5.11 Å². The number of nitrogens with zero attached hydrogens (tertiary/aromatic N) is 1. The Balaban J connectivity index is 2.41. The summed E-state index contributed by atoms with van der Waals surface area (Å²) in [5.41, 5.74) is 0.105. The fraction of sp³-hybridized carbons (Fsp3) is 0.250. The molecule has 0 spiro atoms. The first kappa shape index (κ1) is 14.9. The molecule has 1 aromatic heterocycles. The molecule has 0 fully saturated rings. The van der Waals surface area contributed by atoms with Gasteiger partial charge in [-0.05, 0) is 31.5 Å². The Morgan fingerprint density at radius 1 is 1.40 bits per heavy atom. The van der Waals surface area contributed by atoms with Crippen LogP contribution in [0.2, 0.25) is 0 Å². The van der Waals surface area contributed by atoms with Gasteiger partial charge in [0.05, 0.1) is 11.5 Å². The summed E-state index contributed by atoms with van der Waals surface area (Å²) in [7, 11) is -3.85. The van der Waals surface area contributed by atoms with Gasteiger partial charge in [0.25, 0.3) is 10.0 Å². The summed E-state index contributed by atoms with van der Waals surface area (Å²) in [5.74, 6) is -0.600. The van der Waals surface area contributed by atoms with Gasteiger partial charge in [-0.25, -0.2) is 17.8 Å². The Labute approximate surface area is 120 Å². The van der Waals surface area contributed by atoms with Crippen LogP contribution in [-0.2, 0) is 16.6 Å². The van der Waals surface area contributed by atoms with Crippen LogP contribution < -0.4 is 4.72 Å². The van der Waals surface area contributed by atoms with Gasteiger partial charge >= 0.3 is 0 Å². The van der Waals surface area contributed by atoms with Gasteiger partial charge in [0, 0.05) is 16.6 Å². The van der Waals surface area contributed by atoms with Gasteiger partial charge in [-0.3, -0.25) is 4.72 Å². The van der Waals surface area contributed by atoms with Crippen LogP contribution in [0, 0.1) is 19.7 Å². The molecule has 20 heavy (non-hydrogen) atoms. The van der Waals surface area contributed by atoms with Crippen LogP contribution >= 0.6 is 11.3 Å². The number of rotatable bonds is 4. The third-order valence-electron chi connectivity index (χ3n) is 2.63. The number of halogens is 1. The van der Waals surface area contributed by atoms with E-state index in [0.717, 1.165) is 10.9 Å². The zero-order valence-corrected chi connectivity index (χ0v) is 12.5. The van der Waals surface area contributed by atoms with Crippen LogP contribution in [-0.4, -0.2) is 18.5 Å². The smallest absolute Gasteiger partial charge is 0.263 e. The summed E-state index contributed by atoms with van der Waals surface area (Å²) in [4.78, 5) is 4.68. The van der Waals surface area contributed by atoms with Crippen molar-refractivity contribution in [3.63, 3.8) is 0 Å². The third kappa shape index (κ3) is 2.97. The number of sulfonamides is 1. The van der Waals surface area contributed by atoms with Gasteiger partial charge in [-0.1, -0.05) is 0 Å². The van der Waals surface area contributed by atoms with Crippen molar-refractivity contribution >= 4 is 26.5 Å². The van der Waals surface area contributed by atoms with Gasteiger partial charge < -0.3 is 5.11 Å². The van der Waals surface area contributed by atoms with Gasteiger partial charge in [0.15, 0.2) is 5.13 Å². The van der Waals surface area contributed by atoms with E-state index in [0.29, 0.717) is 0 Å². The number of nitrogens with one attached hydrogen (secondary N) is 1. The van der Waals surface area contributed by atoms with Gasteiger partial charge in [-0.15, -0.1) is 11.3 Å². The molecule has 0 bridgehead atoms. The van der Waals surface area contributed by atoms with Crippen molar-refractivity contribution in [2.24, 2.45) is 0 Å². The molecule has 0 atom stereocenters. The number of anilines is 1. The highest BCUT2D eigenvalue weighted by Gasteiger charge is 2.19. The van der Waals surface area contributed by atoms with Crippen LogP contribution in [0.4, 0.5) is 9.52 Å². The molecule has 108 valence electrons. The zero-order chi connectivity index (χ0) is 14.9. The Hall–Kier alpha value is -1.51. The molecule has 0 radical (unpaired) electrons.